The van der Waals surface area contributed by atoms with Crippen molar-refractivity contribution in [1.29, 1.82) is 0 Å². The first-order valence-electron chi connectivity index (χ1n) is 14.6. The molecule has 1 amide bonds. The molecule has 0 spiro atoms. The Morgan fingerprint density at radius 1 is 0.708 bits per heavy atom. The summed E-state index contributed by atoms with van der Waals surface area (Å²) in [5, 5.41) is 4.94. The van der Waals surface area contributed by atoms with Gasteiger partial charge in [-0.05, 0) is 97.4 Å². The van der Waals surface area contributed by atoms with Crippen molar-refractivity contribution in [2.24, 2.45) is 5.10 Å². The summed E-state index contributed by atoms with van der Waals surface area (Å²) in [6, 6.07) is 33.4. The van der Waals surface area contributed by atoms with E-state index in [4.69, 9.17) is 42.1 Å². The van der Waals surface area contributed by atoms with E-state index in [0.29, 0.717) is 33.7 Å². The molecule has 0 radical (unpaired) electrons. The Labute approximate surface area is 286 Å². The Hall–Kier alpha value is -5.64. The van der Waals surface area contributed by atoms with E-state index in [9.17, 15) is 14.4 Å². The smallest absolute Gasteiger partial charge is 0.343 e. The molecule has 0 aliphatic rings. The number of carbonyl (C=O) groups excluding carboxylic acids is 3. The predicted octanol–water partition coefficient (Wildman–Crippen LogP) is 7.93. The molecule has 9 nitrogen and oxygen atoms in total. The van der Waals surface area contributed by atoms with Crippen LogP contribution in [0.25, 0.3) is 0 Å². The summed E-state index contributed by atoms with van der Waals surface area (Å²) in [7, 11) is 0. The molecule has 5 aromatic rings. The van der Waals surface area contributed by atoms with Crippen molar-refractivity contribution in [3.8, 4) is 23.0 Å². The van der Waals surface area contributed by atoms with E-state index in [1.807, 2.05) is 30.3 Å². The number of benzene rings is 5. The van der Waals surface area contributed by atoms with Crippen LogP contribution >= 0.6 is 23.2 Å². The number of amides is 1. The van der Waals surface area contributed by atoms with Crippen LogP contribution in [0, 0.1) is 0 Å². The van der Waals surface area contributed by atoms with Gasteiger partial charge in [0.2, 0.25) is 0 Å². The van der Waals surface area contributed by atoms with Crippen LogP contribution in [-0.2, 0) is 11.4 Å². The molecular weight excluding hydrogens is 655 g/mol. The number of hydrazone groups is 1. The fourth-order valence-electron chi connectivity index (χ4n) is 4.14. The molecular formula is C37H28Cl2N2O7. The lowest BCUT2D eigenvalue weighted by molar-refractivity contribution is -0.127. The van der Waals surface area contributed by atoms with Crippen LogP contribution in [0.15, 0.2) is 126 Å². The molecule has 242 valence electrons. The standard InChI is InChI=1S/C37H28Cl2N2O7/c1-24(46-32-19-17-31(18-20-32)45-23-25-5-3-2-4-6-25)35(42)41-40-22-28-11-16-33(47-36(43)26-7-12-29(38)13-8-26)21-34(28)48-37(44)27-9-14-30(39)15-10-27/h2-22,24H,23H2,1H3,(H,41,42)/b40-22+. The Bertz CT molecular complexity index is 1900. The van der Waals surface area contributed by atoms with Gasteiger partial charge in [0.15, 0.2) is 6.10 Å². The fourth-order valence-corrected chi connectivity index (χ4v) is 4.39. The first-order chi connectivity index (χ1) is 23.2. The summed E-state index contributed by atoms with van der Waals surface area (Å²) in [4.78, 5) is 38.3. The van der Waals surface area contributed by atoms with Crippen molar-refractivity contribution in [3.05, 3.63) is 154 Å². The second-order valence-corrected chi connectivity index (χ2v) is 11.1. The summed E-state index contributed by atoms with van der Waals surface area (Å²) in [5.41, 5.74) is 4.29. The van der Waals surface area contributed by atoms with Gasteiger partial charge in [0.25, 0.3) is 5.91 Å². The van der Waals surface area contributed by atoms with Crippen LogP contribution < -0.4 is 24.4 Å². The number of rotatable bonds is 12. The maximum Gasteiger partial charge on any atom is 0.343 e. The van der Waals surface area contributed by atoms with Gasteiger partial charge in [0.1, 0.15) is 29.6 Å². The quantitative estimate of drug-likeness (QED) is 0.0615. The van der Waals surface area contributed by atoms with E-state index >= 15 is 0 Å². The highest BCUT2D eigenvalue weighted by atomic mass is 35.5. The molecule has 5 rings (SSSR count). The molecule has 0 aliphatic heterocycles. The number of nitrogens with one attached hydrogen (secondary N) is 1. The highest BCUT2D eigenvalue weighted by Crippen LogP contribution is 2.26. The minimum atomic E-state index is -0.893. The van der Waals surface area contributed by atoms with E-state index in [1.165, 1.54) is 48.7 Å². The number of esters is 2. The van der Waals surface area contributed by atoms with Crippen LogP contribution in [0.3, 0.4) is 0 Å². The summed E-state index contributed by atoms with van der Waals surface area (Å²) in [5.74, 6) is -0.602. The molecule has 0 saturated carbocycles. The summed E-state index contributed by atoms with van der Waals surface area (Å²) >= 11 is 11.9. The molecule has 11 heteroatoms. The number of ether oxygens (including phenoxy) is 4. The number of hydrogen-bond acceptors (Lipinski definition) is 8. The van der Waals surface area contributed by atoms with Crippen molar-refractivity contribution in [2.45, 2.75) is 19.6 Å². The van der Waals surface area contributed by atoms with Gasteiger partial charge in [0.05, 0.1) is 17.3 Å². The van der Waals surface area contributed by atoms with Crippen molar-refractivity contribution in [1.82, 2.24) is 5.43 Å². The highest BCUT2D eigenvalue weighted by Gasteiger charge is 2.17. The van der Waals surface area contributed by atoms with Crippen molar-refractivity contribution >= 4 is 47.3 Å². The topological polar surface area (TPSA) is 113 Å². The van der Waals surface area contributed by atoms with E-state index in [-0.39, 0.29) is 22.6 Å². The molecule has 0 aromatic heterocycles. The molecule has 0 heterocycles. The number of hydrogen-bond donors (Lipinski definition) is 1. The van der Waals surface area contributed by atoms with Crippen molar-refractivity contribution in [3.63, 3.8) is 0 Å². The third-order valence-electron chi connectivity index (χ3n) is 6.69. The summed E-state index contributed by atoms with van der Waals surface area (Å²) in [6.07, 6.45) is 0.397. The minimum Gasteiger partial charge on any atom is -0.489 e. The van der Waals surface area contributed by atoms with Gasteiger partial charge in [-0.3, -0.25) is 4.79 Å². The van der Waals surface area contributed by atoms with Crippen LogP contribution in [0.1, 0.15) is 38.8 Å². The second kappa shape index (κ2) is 16.3. The zero-order valence-corrected chi connectivity index (χ0v) is 27.0. The molecule has 0 fully saturated rings. The monoisotopic (exact) mass is 682 g/mol. The number of halogens is 2. The fraction of sp³-hybridized carbons (Fsp3) is 0.0811. The molecule has 1 N–H and O–H groups in total. The zero-order chi connectivity index (χ0) is 33.9. The average Bonchev–Trinajstić information content (AvgIpc) is 3.09. The Kier molecular flexibility index (Phi) is 11.4. The third-order valence-corrected chi connectivity index (χ3v) is 7.19. The Balaban J connectivity index is 1.22. The van der Waals surface area contributed by atoms with Crippen LogP contribution in [0.5, 0.6) is 23.0 Å². The molecule has 0 bridgehead atoms. The maximum absolute atomic E-state index is 12.9. The van der Waals surface area contributed by atoms with Gasteiger partial charge in [-0.15, -0.1) is 0 Å². The first kappa shape index (κ1) is 33.7. The lowest BCUT2D eigenvalue weighted by Gasteiger charge is -2.14. The van der Waals surface area contributed by atoms with Crippen LogP contribution in [0.2, 0.25) is 10.0 Å². The van der Waals surface area contributed by atoms with Gasteiger partial charge in [-0.2, -0.15) is 5.10 Å². The molecule has 1 atom stereocenters. The van der Waals surface area contributed by atoms with Crippen LogP contribution in [-0.4, -0.2) is 30.2 Å². The second-order valence-electron chi connectivity index (χ2n) is 10.2. The van der Waals surface area contributed by atoms with Gasteiger partial charge in [0, 0.05) is 21.7 Å². The van der Waals surface area contributed by atoms with Gasteiger partial charge < -0.3 is 18.9 Å². The van der Waals surface area contributed by atoms with Crippen molar-refractivity contribution in [2.75, 3.05) is 0 Å². The summed E-state index contributed by atoms with van der Waals surface area (Å²) < 4.78 is 22.6. The molecule has 0 aliphatic carbocycles. The van der Waals surface area contributed by atoms with E-state index < -0.39 is 23.9 Å². The number of carbonyl (C=O) groups is 3. The number of nitrogens with zero attached hydrogens (tertiary/aromatic N) is 1. The van der Waals surface area contributed by atoms with Gasteiger partial charge in [-0.1, -0.05) is 53.5 Å². The summed E-state index contributed by atoms with van der Waals surface area (Å²) in [6.45, 7) is 2.00. The minimum absolute atomic E-state index is 0.0215. The first-order valence-corrected chi connectivity index (χ1v) is 15.3. The van der Waals surface area contributed by atoms with Crippen LogP contribution in [0.4, 0.5) is 0 Å². The molecule has 0 saturated heterocycles. The van der Waals surface area contributed by atoms with Gasteiger partial charge >= 0.3 is 11.9 Å². The van der Waals surface area contributed by atoms with Gasteiger partial charge in [-0.25, -0.2) is 15.0 Å². The highest BCUT2D eigenvalue weighted by molar-refractivity contribution is 6.31. The third kappa shape index (κ3) is 9.68. The lowest BCUT2D eigenvalue weighted by Crippen LogP contribution is -2.33. The normalized spacial score (nSPS) is 11.4. The van der Waals surface area contributed by atoms with Crippen molar-refractivity contribution < 1.29 is 33.3 Å². The maximum atomic E-state index is 12.9. The molecule has 5 aromatic carbocycles. The Morgan fingerprint density at radius 2 is 1.27 bits per heavy atom. The zero-order valence-electron chi connectivity index (χ0n) is 25.5. The SMILES string of the molecule is CC(Oc1ccc(OCc2ccccc2)cc1)C(=O)N/N=C/c1ccc(OC(=O)c2ccc(Cl)cc2)cc1OC(=O)c1ccc(Cl)cc1. The lowest BCUT2D eigenvalue weighted by atomic mass is 10.2. The molecule has 48 heavy (non-hydrogen) atoms. The van der Waals surface area contributed by atoms with E-state index in [0.717, 1.165) is 5.56 Å². The molecule has 1 unspecified atom stereocenters. The average molecular weight is 684 g/mol. The van der Waals surface area contributed by atoms with E-state index in [2.05, 4.69) is 10.5 Å². The Morgan fingerprint density at radius 3 is 1.90 bits per heavy atom. The van der Waals surface area contributed by atoms with E-state index in [1.54, 1.807) is 55.5 Å². The predicted molar refractivity (Wildman–Crippen MR) is 182 cm³/mol. The largest absolute Gasteiger partial charge is 0.489 e.